The van der Waals surface area contributed by atoms with Crippen molar-refractivity contribution in [3.8, 4) is 5.75 Å². The maximum atomic E-state index is 13.5. The summed E-state index contributed by atoms with van der Waals surface area (Å²) in [5.74, 6) is -2.65. The predicted octanol–water partition coefficient (Wildman–Crippen LogP) is 6.05. The molecule has 0 aliphatic rings. The Morgan fingerprint density at radius 2 is 1.68 bits per heavy atom. The summed E-state index contributed by atoms with van der Waals surface area (Å²) in [5.41, 5.74) is 2.07. The fraction of sp³-hybridized carbons (Fsp3) is 0.0741. The average molecular weight is 544 g/mol. The Kier molecular flexibility index (Phi) is 7.63. The van der Waals surface area contributed by atoms with Crippen LogP contribution in [0.3, 0.4) is 0 Å². The molecule has 0 saturated heterocycles. The lowest BCUT2D eigenvalue weighted by Gasteiger charge is -2.12. The number of phenolic OH excluding ortho intramolecular Hbond substituents is 1. The number of fused-ring (bicyclic) bond motifs is 1. The molecule has 11 heteroatoms. The normalized spacial score (nSPS) is 11.6. The highest BCUT2D eigenvalue weighted by Gasteiger charge is 2.34. The van der Waals surface area contributed by atoms with E-state index in [-0.39, 0.29) is 34.0 Å². The monoisotopic (exact) mass is 543 g/mol. The topological polar surface area (TPSA) is 90.8 Å². The molecule has 38 heavy (non-hydrogen) atoms. The fourth-order valence-electron chi connectivity index (χ4n) is 3.68. The van der Waals surface area contributed by atoms with Crippen molar-refractivity contribution in [2.75, 3.05) is 0 Å². The van der Waals surface area contributed by atoms with E-state index in [1.54, 1.807) is 30.3 Å². The van der Waals surface area contributed by atoms with Crippen molar-refractivity contribution in [3.63, 3.8) is 0 Å². The second-order valence-electron chi connectivity index (χ2n) is 8.11. The minimum atomic E-state index is -4.85. The number of rotatable bonds is 6. The molecular formula is C27H18ClF4N3O3. The van der Waals surface area contributed by atoms with E-state index in [4.69, 9.17) is 11.6 Å². The lowest BCUT2D eigenvalue weighted by Crippen LogP contribution is -2.23. The van der Waals surface area contributed by atoms with Crippen molar-refractivity contribution in [3.05, 3.63) is 111 Å². The first-order valence-corrected chi connectivity index (χ1v) is 11.4. The molecule has 0 spiro atoms. The molecular weight excluding hydrogens is 526 g/mol. The first-order valence-electron chi connectivity index (χ1n) is 11.0. The van der Waals surface area contributed by atoms with Gasteiger partial charge in [0.15, 0.2) is 0 Å². The number of phenols is 1. The molecule has 0 aromatic heterocycles. The molecule has 0 saturated carbocycles. The van der Waals surface area contributed by atoms with E-state index in [0.29, 0.717) is 28.5 Å². The Balaban J connectivity index is 1.51. The van der Waals surface area contributed by atoms with Crippen LogP contribution in [0.25, 0.3) is 10.8 Å². The lowest BCUT2D eigenvalue weighted by atomic mass is 9.99. The minimum absolute atomic E-state index is 0.0155. The number of carbonyl (C=O) groups excluding carboxylic acids is 2. The van der Waals surface area contributed by atoms with Crippen LogP contribution in [0.5, 0.6) is 5.75 Å². The first-order chi connectivity index (χ1) is 18.0. The van der Waals surface area contributed by atoms with E-state index >= 15 is 0 Å². The number of benzene rings is 4. The molecule has 0 unspecified atom stereocenters. The van der Waals surface area contributed by atoms with Gasteiger partial charge in [0.05, 0.1) is 16.8 Å². The zero-order chi connectivity index (χ0) is 27.4. The zero-order valence-corrected chi connectivity index (χ0v) is 20.1. The molecule has 0 heterocycles. The highest BCUT2D eigenvalue weighted by Crippen LogP contribution is 2.32. The van der Waals surface area contributed by atoms with Gasteiger partial charge in [-0.3, -0.25) is 9.59 Å². The van der Waals surface area contributed by atoms with Crippen molar-refractivity contribution < 1.29 is 32.3 Å². The summed E-state index contributed by atoms with van der Waals surface area (Å²) in [6.07, 6.45) is -3.46. The van der Waals surface area contributed by atoms with E-state index in [2.05, 4.69) is 15.8 Å². The smallest absolute Gasteiger partial charge is 0.419 e. The Hall–Kier alpha value is -4.44. The number of halogens is 5. The summed E-state index contributed by atoms with van der Waals surface area (Å²) in [5, 5.41) is 17.2. The highest BCUT2D eigenvalue weighted by atomic mass is 35.5. The van der Waals surface area contributed by atoms with Crippen molar-refractivity contribution in [2.45, 2.75) is 12.7 Å². The Morgan fingerprint density at radius 1 is 0.947 bits per heavy atom. The fourth-order valence-corrected chi connectivity index (χ4v) is 3.86. The SMILES string of the molecule is O=C(N/N=C/c1ccc(C(=O)NCc2ccc(F)c(C(F)(F)F)c2)c2ccccc12)c1ccc(O)c(Cl)c1. The van der Waals surface area contributed by atoms with E-state index < -0.39 is 29.4 Å². The molecule has 4 aromatic carbocycles. The van der Waals surface area contributed by atoms with Crippen molar-refractivity contribution in [1.29, 1.82) is 0 Å². The third kappa shape index (κ3) is 5.92. The zero-order valence-electron chi connectivity index (χ0n) is 19.3. The molecule has 194 valence electrons. The van der Waals surface area contributed by atoms with E-state index in [0.717, 1.165) is 0 Å². The molecule has 0 radical (unpaired) electrons. The molecule has 4 rings (SSSR count). The van der Waals surface area contributed by atoms with Gasteiger partial charge in [0.2, 0.25) is 0 Å². The second-order valence-corrected chi connectivity index (χ2v) is 8.52. The molecule has 2 amide bonds. The van der Waals surface area contributed by atoms with Crippen LogP contribution in [-0.2, 0) is 12.7 Å². The van der Waals surface area contributed by atoms with Crippen LogP contribution in [0.4, 0.5) is 17.6 Å². The molecule has 0 aliphatic heterocycles. The number of hydrogen-bond acceptors (Lipinski definition) is 4. The molecule has 3 N–H and O–H groups in total. The molecule has 6 nitrogen and oxygen atoms in total. The summed E-state index contributed by atoms with van der Waals surface area (Å²) < 4.78 is 52.5. The molecule has 0 bridgehead atoms. The quantitative estimate of drug-likeness (QED) is 0.157. The van der Waals surface area contributed by atoms with Gasteiger partial charge in [-0.05, 0) is 52.7 Å². The number of nitrogens with zero attached hydrogens (tertiary/aromatic N) is 1. The molecule has 0 atom stereocenters. The number of nitrogens with one attached hydrogen (secondary N) is 2. The van der Waals surface area contributed by atoms with Crippen LogP contribution < -0.4 is 10.7 Å². The van der Waals surface area contributed by atoms with Gasteiger partial charge in [0.1, 0.15) is 11.6 Å². The third-order valence-electron chi connectivity index (χ3n) is 5.57. The van der Waals surface area contributed by atoms with Gasteiger partial charge in [-0.25, -0.2) is 9.82 Å². The van der Waals surface area contributed by atoms with E-state index in [1.165, 1.54) is 36.5 Å². The number of amides is 2. The largest absolute Gasteiger partial charge is 0.506 e. The van der Waals surface area contributed by atoms with E-state index in [9.17, 15) is 32.3 Å². The van der Waals surface area contributed by atoms with Gasteiger partial charge >= 0.3 is 6.18 Å². The summed E-state index contributed by atoms with van der Waals surface area (Å²) in [6.45, 7) is -0.243. The Morgan fingerprint density at radius 3 is 2.39 bits per heavy atom. The Bertz CT molecular complexity index is 1570. The van der Waals surface area contributed by atoms with Crippen molar-refractivity contribution >= 4 is 40.4 Å². The van der Waals surface area contributed by atoms with Gasteiger partial charge in [0.25, 0.3) is 11.8 Å². The van der Waals surface area contributed by atoms with Gasteiger partial charge in [0, 0.05) is 23.2 Å². The lowest BCUT2D eigenvalue weighted by molar-refractivity contribution is -0.140. The maximum Gasteiger partial charge on any atom is 0.419 e. The highest BCUT2D eigenvalue weighted by molar-refractivity contribution is 6.32. The number of carbonyl (C=O) groups is 2. The standard InChI is InChI=1S/C27H18ClF4N3O3/c28-22-12-16(7-10-24(22)36)25(37)35-34-14-17-6-8-20(19-4-2-1-3-18(17)19)26(38)33-13-15-5-9-23(29)21(11-15)27(30,31)32/h1-12,14,36H,13H2,(H,33,38)(H,35,37)/b34-14+. The molecule has 0 aliphatic carbocycles. The van der Waals surface area contributed by atoms with Crippen LogP contribution in [-0.4, -0.2) is 23.1 Å². The van der Waals surface area contributed by atoms with Crippen LogP contribution in [0, 0.1) is 5.82 Å². The van der Waals surface area contributed by atoms with Gasteiger partial charge in [-0.2, -0.15) is 18.3 Å². The van der Waals surface area contributed by atoms with Crippen LogP contribution >= 0.6 is 11.6 Å². The summed E-state index contributed by atoms with van der Waals surface area (Å²) in [4.78, 5) is 25.2. The molecule has 0 fully saturated rings. The first kappa shape index (κ1) is 26.6. The number of hydrazone groups is 1. The second kappa shape index (κ2) is 10.9. The van der Waals surface area contributed by atoms with Crippen LogP contribution in [0.1, 0.15) is 37.4 Å². The van der Waals surface area contributed by atoms with Crippen molar-refractivity contribution in [2.24, 2.45) is 5.10 Å². The van der Waals surface area contributed by atoms with Crippen LogP contribution in [0.2, 0.25) is 5.02 Å². The molecule has 4 aromatic rings. The Labute approximate surface area is 218 Å². The van der Waals surface area contributed by atoms with E-state index in [1.807, 2.05) is 0 Å². The third-order valence-corrected chi connectivity index (χ3v) is 5.87. The van der Waals surface area contributed by atoms with Crippen LogP contribution in [0.15, 0.2) is 77.9 Å². The number of hydrogen-bond donors (Lipinski definition) is 3. The summed E-state index contributed by atoms with van der Waals surface area (Å²) >= 11 is 5.82. The summed E-state index contributed by atoms with van der Waals surface area (Å²) in [6, 6.07) is 16.5. The average Bonchev–Trinajstić information content (AvgIpc) is 2.88. The van der Waals surface area contributed by atoms with Gasteiger partial charge < -0.3 is 10.4 Å². The maximum absolute atomic E-state index is 13.5. The van der Waals surface area contributed by atoms with Gasteiger partial charge in [-0.1, -0.05) is 48.0 Å². The van der Waals surface area contributed by atoms with Gasteiger partial charge in [-0.15, -0.1) is 0 Å². The predicted molar refractivity (Wildman–Crippen MR) is 135 cm³/mol. The number of aromatic hydroxyl groups is 1. The number of alkyl halides is 3. The van der Waals surface area contributed by atoms with Crippen molar-refractivity contribution in [1.82, 2.24) is 10.7 Å². The summed E-state index contributed by atoms with van der Waals surface area (Å²) in [7, 11) is 0. The minimum Gasteiger partial charge on any atom is -0.506 e.